The largest absolute Gasteiger partial charge is 0.465 e. The molecule has 1 aromatic carbocycles. The number of hydrogen-bond acceptors (Lipinski definition) is 5. The second-order valence-electron chi connectivity index (χ2n) is 4.90. The van der Waals surface area contributed by atoms with Crippen LogP contribution in [-0.2, 0) is 9.47 Å². The van der Waals surface area contributed by atoms with Crippen LogP contribution in [0.25, 0.3) is 11.1 Å². The maximum atomic E-state index is 13.2. The zero-order valence-corrected chi connectivity index (χ0v) is 13.3. The highest BCUT2D eigenvalue weighted by Crippen LogP contribution is 2.32. The van der Waals surface area contributed by atoms with Crippen molar-refractivity contribution in [3.8, 4) is 11.1 Å². The molecule has 5 nitrogen and oxygen atoms in total. The minimum Gasteiger partial charge on any atom is -0.465 e. The number of benzene rings is 1. The number of ether oxygens (including phenoxy) is 2. The molecule has 0 bridgehead atoms. The number of carbonyl (C=O) groups is 2. The number of aryl methyl sites for hydroxylation is 2. The predicted octanol–water partition coefficient (Wildman–Crippen LogP) is 3.08. The van der Waals surface area contributed by atoms with Crippen LogP contribution in [0, 0.1) is 19.7 Å². The molecule has 0 fully saturated rings. The van der Waals surface area contributed by atoms with Gasteiger partial charge in [-0.2, -0.15) is 0 Å². The van der Waals surface area contributed by atoms with Gasteiger partial charge in [0.1, 0.15) is 5.82 Å². The SMILES string of the molecule is COC(=O)c1c(C)nc(C)c(C(=O)OC)c1-c1ccc(F)cc1. The molecule has 0 N–H and O–H groups in total. The highest BCUT2D eigenvalue weighted by Gasteiger charge is 2.27. The van der Waals surface area contributed by atoms with Crippen LogP contribution < -0.4 is 0 Å². The van der Waals surface area contributed by atoms with E-state index in [0.29, 0.717) is 22.5 Å². The van der Waals surface area contributed by atoms with Crippen LogP contribution in [-0.4, -0.2) is 31.1 Å². The number of esters is 2. The van der Waals surface area contributed by atoms with E-state index in [0.717, 1.165) is 0 Å². The number of nitrogens with zero attached hydrogens (tertiary/aromatic N) is 1. The van der Waals surface area contributed by atoms with Crippen LogP contribution in [0.4, 0.5) is 4.39 Å². The quantitative estimate of drug-likeness (QED) is 0.814. The summed E-state index contributed by atoms with van der Waals surface area (Å²) >= 11 is 0. The molecule has 0 aliphatic rings. The fraction of sp³-hybridized carbons (Fsp3) is 0.235. The van der Waals surface area contributed by atoms with Gasteiger partial charge in [0.2, 0.25) is 0 Å². The van der Waals surface area contributed by atoms with Gasteiger partial charge in [-0.1, -0.05) is 12.1 Å². The summed E-state index contributed by atoms with van der Waals surface area (Å²) in [5, 5.41) is 0. The molecule has 23 heavy (non-hydrogen) atoms. The van der Waals surface area contributed by atoms with Crippen LogP contribution in [0.3, 0.4) is 0 Å². The van der Waals surface area contributed by atoms with Crippen LogP contribution in [0.15, 0.2) is 24.3 Å². The van der Waals surface area contributed by atoms with Crippen LogP contribution in [0.1, 0.15) is 32.1 Å². The van der Waals surface area contributed by atoms with E-state index in [4.69, 9.17) is 9.47 Å². The monoisotopic (exact) mass is 317 g/mol. The number of rotatable bonds is 3. The molecule has 0 spiro atoms. The highest BCUT2D eigenvalue weighted by molar-refractivity contribution is 6.07. The molecule has 2 aromatic rings. The first-order chi connectivity index (χ1) is 10.9. The standard InChI is InChI=1S/C17H16FNO4/c1-9-13(16(20)22-3)15(11-5-7-12(18)8-6-11)14(10(2)19-9)17(21)23-4/h5-8H,1-4H3. The molecule has 0 unspecified atom stereocenters. The molecule has 0 saturated heterocycles. The summed E-state index contributed by atoms with van der Waals surface area (Å²) in [7, 11) is 2.49. The lowest BCUT2D eigenvalue weighted by Crippen LogP contribution is -2.16. The summed E-state index contributed by atoms with van der Waals surface area (Å²) in [6, 6.07) is 5.48. The van der Waals surface area contributed by atoms with Gasteiger partial charge in [-0.3, -0.25) is 4.98 Å². The Morgan fingerprint density at radius 1 is 0.913 bits per heavy atom. The molecule has 0 saturated carbocycles. The lowest BCUT2D eigenvalue weighted by atomic mass is 9.92. The molecule has 6 heteroatoms. The first kappa shape index (κ1) is 16.6. The molecule has 0 aliphatic heterocycles. The molecular weight excluding hydrogens is 301 g/mol. The van der Waals surface area contributed by atoms with Crippen LogP contribution >= 0.6 is 0 Å². The Balaban J connectivity index is 2.90. The number of carbonyl (C=O) groups excluding carboxylic acids is 2. The molecule has 0 radical (unpaired) electrons. The van der Waals surface area contributed by atoms with Gasteiger partial charge in [0.15, 0.2) is 0 Å². The zero-order valence-electron chi connectivity index (χ0n) is 13.3. The number of methoxy groups -OCH3 is 2. The van der Waals surface area contributed by atoms with Crippen molar-refractivity contribution >= 4 is 11.9 Å². The number of halogens is 1. The van der Waals surface area contributed by atoms with E-state index in [-0.39, 0.29) is 11.1 Å². The van der Waals surface area contributed by atoms with E-state index in [1.807, 2.05) is 0 Å². The Kier molecular flexibility index (Phi) is 4.74. The van der Waals surface area contributed by atoms with Crippen molar-refractivity contribution in [3.63, 3.8) is 0 Å². The molecule has 1 aromatic heterocycles. The number of hydrogen-bond donors (Lipinski definition) is 0. The molecule has 0 atom stereocenters. The summed E-state index contributed by atoms with van der Waals surface area (Å²) in [5.74, 6) is -1.67. The van der Waals surface area contributed by atoms with Crippen molar-refractivity contribution in [3.05, 3.63) is 52.6 Å². The zero-order chi connectivity index (χ0) is 17.1. The Labute approximate surface area is 133 Å². The van der Waals surface area contributed by atoms with E-state index in [1.165, 1.54) is 38.5 Å². The Hall–Kier alpha value is -2.76. The smallest absolute Gasteiger partial charge is 0.340 e. The van der Waals surface area contributed by atoms with Gasteiger partial charge in [-0.05, 0) is 31.5 Å². The molecule has 2 rings (SSSR count). The average molecular weight is 317 g/mol. The van der Waals surface area contributed by atoms with E-state index >= 15 is 0 Å². The fourth-order valence-electron chi connectivity index (χ4n) is 2.46. The fourth-order valence-corrected chi connectivity index (χ4v) is 2.46. The van der Waals surface area contributed by atoms with Gasteiger partial charge >= 0.3 is 11.9 Å². The molecule has 0 amide bonds. The van der Waals surface area contributed by atoms with Gasteiger partial charge in [0.25, 0.3) is 0 Å². The summed E-state index contributed by atoms with van der Waals surface area (Å²) in [6.07, 6.45) is 0. The second-order valence-corrected chi connectivity index (χ2v) is 4.90. The lowest BCUT2D eigenvalue weighted by molar-refractivity contribution is 0.0599. The van der Waals surface area contributed by atoms with Gasteiger partial charge in [-0.15, -0.1) is 0 Å². The third-order valence-corrected chi connectivity index (χ3v) is 3.47. The molecule has 0 aliphatic carbocycles. The summed E-state index contributed by atoms with van der Waals surface area (Å²) < 4.78 is 22.8. The first-order valence-electron chi connectivity index (χ1n) is 6.84. The maximum absolute atomic E-state index is 13.2. The van der Waals surface area contributed by atoms with Crippen molar-refractivity contribution in [2.75, 3.05) is 14.2 Å². The van der Waals surface area contributed by atoms with Crippen molar-refractivity contribution in [2.45, 2.75) is 13.8 Å². The first-order valence-corrected chi connectivity index (χ1v) is 6.84. The molecule has 1 heterocycles. The third-order valence-electron chi connectivity index (χ3n) is 3.47. The van der Waals surface area contributed by atoms with E-state index in [2.05, 4.69) is 4.98 Å². The van der Waals surface area contributed by atoms with E-state index in [1.54, 1.807) is 13.8 Å². The average Bonchev–Trinajstić information content (AvgIpc) is 2.53. The minimum atomic E-state index is -0.625. The van der Waals surface area contributed by atoms with Crippen LogP contribution in [0.5, 0.6) is 0 Å². The summed E-state index contributed by atoms with van der Waals surface area (Å²) in [5.41, 5.74) is 1.98. The summed E-state index contributed by atoms with van der Waals surface area (Å²) in [4.78, 5) is 28.6. The van der Waals surface area contributed by atoms with E-state index < -0.39 is 17.8 Å². The van der Waals surface area contributed by atoms with Crippen molar-refractivity contribution in [1.29, 1.82) is 0 Å². The second kappa shape index (κ2) is 6.56. The number of aromatic nitrogens is 1. The Morgan fingerprint density at radius 2 is 1.35 bits per heavy atom. The van der Waals surface area contributed by atoms with Gasteiger partial charge in [0, 0.05) is 5.56 Å². The number of pyridine rings is 1. The topological polar surface area (TPSA) is 65.5 Å². The Morgan fingerprint density at radius 3 is 1.74 bits per heavy atom. The van der Waals surface area contributed by atoms with E-state index in [9.17, 15) is 14.0 Å². The highest BCUT2D eigenvalue weighted by atomic mass is 19.1. The van der Waals surface area contributed by atoms with Gasteiger partial charge < -0.3 is 9.47 Å². The maximum Gasteiger partial charge on any atom is 0.340 e. The van der Waals surface area contributed by atoms with Crippen molar-refractivity contribution in [2.24, 2.45) is 0 Å². The minimum absolute atomic E-state index is 0.158. The van der Waals surface area contributed by atoms with Crippen molar-refractivity contribution in [1.82, 2.24) is 4.98 Å². The van der Waals surface area contributed by atoms with Gasteiger partial charge in [-0.25, -0.2) is 14.0 Å². The predicted molar refractivity (Wildman–Crippen MR) is 81.8 cm³/mol. The third kappa shape index (κ3) is 3.06. The van der Waals surface area contributed by atoms with Crippen LogP contribution in [0.2, 0.25) is 0 Å². The lowest BCUT2D eigenvalue weighted by Gasteiger charge is -2.16. The summed E-state index contributed by atoms with van der Waals surface area (Å²) in [6.45, 7) is 3.29. The molecular formula is C17H16FNO4. The Bertz CT molecular complexity index is 729. The van der Waals surface area contributed by atoms with Gasteiger partial charge in [0.05, 0.1) is 36.7 Å². The van der Waals surface area contributed by atoms with Crippen molar-refractivity contribution < 1.29 is 23.5 Å². The molecule has 120 valence electrons. The normalized spacial score (nSPS) is 10.3.